The van der Waals surface area contributed by atoms with Crippen molar-refractivity contribution in [1.82, 2.24) is 20.1 Å². The van der Waals surface area contributed by atoms with Crippen molar-refractivity contribution in [1.29, 1.82) is 0 Å². The second kappa shape index (κ2) is 10.8. The van der Waals surface area contributed by atoms with Crippen LogP contribution >= 0.6 is 0 Å². The van der Waals surface area contributed by atoms with Crippen LogP contribution in [-0.4, -0.2) is 50.7 Å². The largest absolute Gasteiger partial charge is 0.477 e. The molecule has 0 aliphatic rings. The van der Waals surface area contributed by atoms with Crippen molar-refractivity contribution < 1.29 is 41.7 Å². The maximum absolute atomic E-state index is 13.7. The number of aromatic carboxylic acids is 1. The van der Waals surface area contributed by atoms with E-state index in [2.05, 4.69) is 15.4 Å². The standard InChI is InChI=1S/C24H24F4N4O5/c1-23(2,3)37-22(35)30-6-7-36-20-19(21(33)34)13-32(31-20)18-4-5-29-17(12-18)10-14-8-15(24(26,27)28)11-16(25)9-14/h4-5,8-9,11-13H,6-7,10H2,1-3H3,(H,30,35)(H,33,34). The monoisotopic (exact) mass is 524 g/mol. The van der Waals surface area contributed by atoms with Crippen molar-refractivity contribution in [2.75, 3.05) is 13.2 Å². The zero-order valence-electron chi connectivity index (χ0n) is 20.1. The summed E-state index contributed by atoms with van der Waals surface area (Å²) in [6, 6.07) is 5.21. The van der Waals surface area contributed by atoms with Gasteiger partial charge in [-0.25, -0.2) is 18.7 Å². The van der Waals surface area contributed by atoms with Crippen LogP contribution in [0.3, 0.4) is 0 Å². The first-order chi connectivity index (χ1) is 17.2. The predicted octanol–water partition coefficient (Wildman–Crippen LogP) is 4.62. The Morgan fingerprint density at radius 1 is 1.14 bits per heavy atom. The van der Waals surface area contributed by atoms with Gasteiger partial charge in [0.1, 0.15) is 23.6 Å². The molecular weight excluding hydrogens is 500 g/mol. The minimum atomic E-state index is -4.70. The molecule has 2 heterocycles. The minimum absolute atomic E-state index is 0.0216. The molecular formula is C24H24F4N4O5. The lowest BCUT2D eigenvalue weighted by Gasteiger charge is -2.19. The van der Waals surface area contributed by atoms with Crippen molar-refractivity contribution in [3.8, 4) is 11.6 Å². The second-order valence-corrected chi connectivity index (χ2v) is 8.90. The fourth-order valence-electron chi connectivity index (χ4n) is 3.19. The number of aromatic nitrogens is 3. The molecule has 0 unspecified atom stereocenters. The third kappa shape index (κ3) is 7.92. The van der Waals surface area contributed by atoms with Crippen LogP contribution in [0.25, 0.3) is 5.69 Å². The molecule has 13 heteroatoms. The number of hydrogen-bond donors (Lipinski definition) is 2. The summed E-state index contributed by atoms with van der Waals surface area (Å²) in [6.07, 6.45) is -2.91. The summed E-state index contributed by atoms with van der Waals surface area (Å²) in [5.41, 5.74) is -1.34. The summed E-state index contributed by atoms with van der Waals surface area (Å²) in [5, 5.41) is 16.1. The lowest BCUT2D eigenvalue weighted by Crippen LogP contribution is -2.34. The van der Waals surface area contributed by atoms with Crippen LogP contribution in [0.5, 0.6) is 5.88 Å². The molecule has 0 saturated heterocycles. The number of pyridine rings is 1. The first-order valence-electron chi connectivity index (χ1n) is 11.0. The molecule has 0 bridgehead atoms. The third-order valence-corrected chi connectivity index (χ3v) is 4.65. The Bertz CT molecular complexity index is 1280. The SMILES string of the molecule is CC(C)(C)OC(=O)NCCOc1nn(-c2ccnc(Cc3cc(F)cc(C(F)(F)F)c3)c2)cc1C(=O)O. The molecule has 0 radical (unpaired) electrons. The van der Waals surface area contributed by atoms with Gasteiger partial charge in [0.2, 0.25) is 5.88 Å². The van der Waals surface area contributed by atoms with Crippen LogP contribution in [0.15, 0.2) is 42.7 Å². The van der Waals surface area contributed by atoms with E-state index in [0.717, 1.165) is 12.1 Å². The first-order valence-corrected chi connectivity index (χ1v) is 11.0. The average Bonchev–Trinajstić information content (AvgIpc) is 3.19. The molecule has 3 rings (SSSR count). The fraction of sp³-hybridized carbons (Fsp3) is 0.333. The van der Waals surface area contributed by atoms with Crippen molar-refractivity contribution in [2.45, 2.75) is 39.0 Å². The summed E-state index contributed by atoms with van der Waals surface area (Å²) in [6.45, 7) is 5.04. The molecule has 2 N–H and O–H groups in total. The summed E-state index contributed by atoms with van der Waals surface area (Å²) in [7, 11) is 0. The Labute approximate surface area is 209 Å². The number of hydrogen-bond acceptors (Lipinski definition) is 6. The van der Waals surface area contributed by atoms with Crippen LogP contribution < -0.4 is 10.1 Å². The summed E-state index contributed by atoms with van der Waals surface area (Å²) < 4.78 is 64.5. The van der Waals surface area contributed by atoms with Gasteiger partial charge in [-0.05, 0) is 56.7 Å². The molecule has 9 nitrogen and oxygen atoms in total. The number of halogens is 4. The van der Waals surface area contributed by atoms with Gasteiger partial charge in [-0.1, -0.05) is 0 Å². The van der Waals surface area contributed by atoms with Gasteiger partial charge in [-0.2, -0.15) is 13.2 Å². The molecule has 3 aromatic rings. The summed E-state index contributed by atoms with van der Waals surface area (Å²) in [4.78, 5) is 27.5. The van der Waals surface area contributed by atoms with Crippen molar-refractivity contribution in [3.63, 3.8) is 0 Å². The molecule has 0 spiro atoms. The van der Waals surface area contributed by atoms with E-state index in [-0.39, 0.29) is 36.6 Å². The van der Waals surface area contributed by atoms with E-state index in [4.69, 9.17) is 9.47 Å². The van der Waals surface area contributed by atoms with Crippen LogP contribution in [0.4, 0.5) is 22.4 Å². The number of rotatable bonds is 8. The number of nitrogens with one attached hydrogen (secondary N) is 1. The maximum Gasteiger partial charge on any atom is 0.416 e. The number of amides is 1. The van der Waals surface area contributed by atoms with Crippen molar-refractivity contribution >= 4 is 12.1 Å². The highest BCUT2D eigenvalue weighted by Gasteiger charge is 2.31. The lowest BCUT2D eigenvalue weighted by atomic mass is 10.0. The van der Waals surface area contributed by atoms with Crippen LogP contribution in [0.2, 0.25) is 0 Å². The minimum Gasteiger partial charge on any atom is -0.477 e. The number of ether oxygens (including phenoxy) is 2. The van der Waals surface area contributed by atoms with E-state index < -0.39 is 35.2 Å². The highest BCUT2D eigenvalue weighted by Crippen LogP contribution is 2.31. The fourth-order valence-corrected chi connectivity index (χ4v) is 3.19. The molecule has 0 fully saturated rings. The van der Waals surface area contributed by atoms with Crippen LogP contribution in [0.1, 0.15) is 48.0 Å². The molecule has 0 atom stereocenters. The summed E-state index contributed by atoms with van der Waals surface area (Å²) in [5.74, 6) is -2.55. The van der Waals surface area contributed by atoms with Crippen LogP contribution in [-0.2, 0) is 17.3 Å². The Balaban J connectivity index is 1.74. The predicted molar refractivity (Wildman–Crippen MR) is 122 cm³/mol. The number of nitrogens with zero attached hydrogens (tertiary/aromatic N) is 3. The van der Waals surface area contributed by atoms with Crippen molar-refractivity contribution in [2.24, 2.45) is 0 Å². The Morgan fingerprint density at radius 2 is 1.86 bits per heavy atom. The quantitative estimate of drug-likeness (QED) is 0.326. The van der Waals surface area contributed by atoms with Gasteiger partial charge in [0.05, 0.1) is 17.8 Å². The summed E-state index contributed by atoms with van der Waals surface area (Å²) >= 11 is 0. The lowest BCUT2D eigenvalue weighted by molar-refractivity contribution is -0.137. The molecule has 0 saturated carbocycles. The number of alkyl halides is 3. The van der Waals surface area contributed by atoms with E-state index in [1.54, 1.807) is 20.8 Å². The zero-order valence-corrected chi connectivity index (χ0v) is 20.1. The average molecular weight is 524 g/mol. The van der Waals surface area contributed by atoms with Gasteiger partial charge in [-0.15, -0.1) is 5.10 Å². The molecule has 2 aromatic heterocycles. The number of benzene rings is 1. The Hall–Kier alpha value is -4.16. The second-order valence-electron chi connectivity index (χ2n) is 8.90. The Kier molecular flexibility index (Phi) is 8.04. The van der Waals surface area contributed by atoms with Gasteiger partial charge in [0.25, 0.3) is 0 Å². The van der Waals surface area contributed by atoms with Gasteiger partial charge in [-0.3, -0.25) is 4.98 Å². The molecule has 1 aromatic carbocycles. The number of carbonyl (C=O) groups excluding carboxylic acids is 1. The van der Waals surface area contributed by atoms with Crippen LogP contribution in [0, 0.1) is 5.82 Å². The topological polar surface area (TPSA) is 116 Å². The molecule has 0 aliphatic carbocycles. The number of carboxylic acids is 1. The van der Waals surface area contributed by atoms with E-state index in [0.29, 0.717) is 17.4 Å². The zero-order chi connectivity index (χ0) is 27.4. The normalized spacial score (nSPS) is 11.8. The van der Waals surface area contributed by atoms with E-state index in [1.165, 1.54) is 29.2 Å². The molecule has 1 amide bonds. The van der Waals surface area contributed by atoms with E-state index >= 15 is 0 Å². The van der Waals surface area contributed by atoms with Crippen molar-refractivity contribution in [3.05, 3.63) is 70.9 Å². The first kappa shape index (κ1) is 27.4. The van der Waals surface area contributed by atoms with E-state index in [9.17, 15) is 32.3 Å². The Morgan fingerprint density at radius 3 is 2.51 bits per heavy atom. The molecule has 37 heavy (non-hydrogen) atoms. The highest BCUT2D eigenvalue weighted by molar-refractivity contribution is 5.90. The number of carboxylic acid groups (broad SMARTS) is 1. The highest BCUT2D eigenvalue weighted by atomic mass is 19.4. The number of carbonyl (C=O) groups is 2. The number of alkyl carbamates (subject to hydrolysis) is 1. The third-order valence-electron chi connectivity index (χ3n) is 4.65. The smallest absolute Gasteiger partial charge is 0.416 e. The van der Waals surface area contributed by atoms with Gasteiger partial charge < -0.3 is 19.9 Å². The molecule has 0 aliphatic heterocycles. The van der Waals surface area contributed by atoms with E-state index in [1.807, 2.05) is 0 Å². The molecule has 198 valence electrons. The van der Waals surface area contributed by atoms with Gasteiger partial charge in [0, 0.05) is 24.5 Å². The van der Waals surface area contributed by atoms with Gasteiger partial charge >= 0.3 is 18.2 Å². The van der Waals surface area contributed by atoms with Gasteiger partial charge in [0.15, 0.2) is 0 Å². The maximum atomic E-state index is 13.7.